The highest BCUT2D eigenvalue weighted by Crippen LogP contribution is 2.44. The van der Waals surface area contributed by atoms with Crippen LogP contribution >= 0.6 is 0 Å². The molecule has 0 fully saturated rings. The summed E-state index contributed by atoms with van der Waals surface area (Å²) in [5.41, 5.74) is 15.6. The van der Waals surface area contributed by atoms with Crippen LogP contribution < -0.4 is 0 Å². The number of hydrogen-bond acceptors (Lipinski definition) is 4. The van der Waals surface area contributed by atoms with Crippen molar-refractivity contribution in [2.24, 2.45) is 0 Å². The molecule has 12 aromatic rings. The van der Waals surface area contributed by atoms with Crippen molar-refractivity contribution < 1.29 is 4.42 Å². The molecular weight excluding hydrogens is 791 g/mol. The predicted molar refractivity (Wildman–Crippen MR) is 268 cm³/mol. The minimum absolute atomic E-state index is 0.573. The van der Waals surface area contributed by atoms with Crippen molar-refractivity contribution in [1.29, 1.82) is 0 Å². The van der Waals surface area contributed by atoms with Gasteiger partial charge < -0.3 is 4.42 Å². The fourth-order valence-electron chi connectivity index (χ4n) is 9.24. The highest BCUT2D eigenvalue weighted by Gasteiger charge is 2.22. The zero-order valence-corrected chi connectivity index (χ0v) is 35.3. The topological polar surface area (TPSA) is 51.8 Å². The van der Waals surface area contributed by atoms with Crippen molar-refractivity contribution in [3.8, 4) is 89.8 Å². The first-order chi connectivity index (χ1) is 32.2. The fourth-order valence-corrected chi connectivity index (χ4v) is 9.24. The third-order valence-electron chi connectivity index (χ3n) is 12.4. The van der Waals surface area contributed by atoms with Gasteiger partial charge in [0.15, 0.2) is 17.5 Å². The van der Waals surface area contributed by atoms with Gasteiger partial charge in [0.1, 0.15) is 11.2 Å². The summed E-state index contributed by atoms with van der Waals surface area (Å²) in [4.78, 5) is 15.9. The summed E-state index contributed by atoms with van der Waals surface area (Å²) in [6.45, 7) is 0. The molecule has 0 amide bonds. The van der Waals surface area contributed by atoms with E-state index in [1.807, 2.05) is 18.2 Å². The van der Waals surface area contributed by atoms with Crippen LogP contribution in [0.25, 0.3) is 123 Å². The molecule has 10 aromatic carbocycles. The Bertz CT molecular complexity index is 3680. The first kappa shape index (κ1) is 38.0. The molecule has 0 saturated carbocycles. The van der Waals surface area contributed by atoms with Crippen LogP contribution in [0.1, 0.15) is 0 Å². The van der Waals surface area contributed by atoms with E-state index in [1.54, 1.807) is 0 Å². The molecule has 0 radical (unpaired) electrons. The Morgan fingerprint density at radius 1 is 0.246 bits per heavy atom. The molecule has 0 saturated heterocycles. The number of nitrogens with zero attached hydrogens (tertiary/aromatic N) is 3. The normalized spacial score (nSPS) is 11.4. The molecule has 0 aliphatic heterocycles. The maximum Gasteiger partial charge on any atom is 0.164 e. The van der Waals surface area contributed by atoms with Crippen molar-refractivity contribution in [2.75, 3.05) is 0 Å². The highest BCUT2D eigenvalue weighted by atomic mass is 16.3. The molecule has 0 N–H and O–H groups in total. The lowest BCUT2D eigenvalue weighted by molar-refractivity contribution is 0.670. The van der Waals surface area contributed by atoms with Crippen LogP contribution in [-0.4, -0.2) is 15.0 Å². The van der Waals surface area contributed by atoms with E-state index < -0.39 is 0 Å². The Labute approximate surface area is 376 Å². The van der Waals surface area contributed by atoms with E-state index in [2.05, 4.69) is 218 Å². The second-order valence-corrected chi connectivity index (χ2v) is 16.3. The standard InChI is InChI=1S/C61H39N3O/c1-5-17-40(18-6-1)42-31-33-45(34-32-42)59-62-60(52-38-37-47(43-21-9-3-10-22-43)48-25-13-14-26-49(48)52)64-61(63-59)54-29-16-30-56-57(54)53-28-15-27-51(58(53)65-56)50-36-35-46(41-19-7-2-8-20-41)39-55(50)44-23-11-4-12-24-44/h1-39H. The number of para-hydroxylation sites is 1. The molecule has 2 heterocycles. The smallest absolute Gasteiger partial charge is 0.164 e. The molecule has 0 spiro atoms. The van der Waals surface area contributed by atoms with Crippen LogP contribution in [0.15, 0.2) is 241 Å². The lowest BCUT2D eigenvalue weighted by Gasteiger charge is -2.14. The maximum atomic E-state index is 6.93. The van der Waals surface area contributed by atoms with Gasteiger partial charge in [-0.25, -0.2) is 15.0 Å². The van der Waals surface area contributed by atoms with Crippen molar-refractivity contribution in [3.05, 3.63) is 237 Å². The molecule has 65 heavy (non-hydrogen) atoms. The molecule has 0 unspecified atom stereocenters. The molecule has 4 heteroatoms. The highest BCUT2D eigenvalue weighted by molar-refractivity contribution is 6.16. The number of fused-ring (bicyclic) bond motifs is 4. The molecule has 0 aliphatic rings. The first-order valence-electron chi connectivity index (χ1n) is 21.9. The van der Waals surface area contributed by atoms with Crippen molar-refractivity contribution in [3.63, 3.8) is 0 Å². The summed E-state index contributed by atoms with van der Waals surface area (Å²) < 4.78 is 6.93. The molecule has 12 rings (SSSR count). The van der Waals surface area contributed by atoms with Crippen LogP contribution in [0.3, 0.4) is 0 Å². The number of furan rings is 1. The average Bonchev–Trinajstić information content (AvgIpc) is 3.79. The summed E-state index contributed by atoms with van der Waals surface area (Å²) in [6, 6.07) is 82.8. The number of benzene rings is 10. The second kappa shape index (κ2) is 16.2. The van der Waals surface area contributed by atoms with Gasteiger partial charge >= 0.3 is 0 Å². The van der Waals surface area contributed by atoms with E-state index in [-0.39, 0.29) is 0 Å². The van der Waals surface area contributed by atoms with E-state index in [4.69, 9.17) is 19.4 Å². The van der Waals surface area contributed by atoms with Gasteiger partial charge in [0.2, 0.25) is 0 Å². The Kier molecular flexibility index (Phi) is 9.46. The Hall–Kier alpha value is -8.73. The summed E-state index contributed by atoms with van der Waals surface area (Å²) in [7, 11) is 0. The number of aromatic nitrogens is 3. The molecule has 0 aliphatic carbocycles. The second-order valence-electron chi connectivity index (χ2n) is 16.3. The quantitative estimate of drug-likeness (QED) is 0.153. The molecule has 2 aromatic heterocycles. The lowest BCUT2D eigenvalue weighted by Crippen LogP contribution is -2.01. The number of rotatable bonds is 8. The Morgan fingerprint density at radius 2 is 0.692 bits per heavy atom. The van der Waals surface area contributed by atoms with Gasteiger partial charge in [-0.15, -0.1) is 0 Å². The van der Waals surface area contributed by atoms with Crippen molar-refractivity contribution >= 4 is 32.7 Å². The van der Waals surface area contributed by atoms with Crippen LogP contribution in [0, 0.1) is 0 Å². The summed E-state index contributed by atoms with van der Waals surface area (Å²) in [5, 5.41) is 4.15. The van der Waals surface area contributed by atoms with Crippen LogP contribution in [-0.2, 0) is 0 Å². The van der Waals surface area contributed by atoms with E-state index in [0.29, 0.717) is 17.5 Å². The predicted octanol–water partition coefficient (Wildman–Crippen LogP) is 16.3. The minimum Gasteiger partial charge on any atom is -0.455 e. The summed E-state index contributed by atoms with van der Waals surface area (Å²) >= 11 is 0. The summed E-state index contributed by atoms with van der Waals surface area (Å²) in [5.74, 6) is 1.77. The van der Waals surface area contributed by atoms with E-state index in [1.165, 1.54) is 5.56 Å². The molecular formula is C61H39N3O. The van der Waals surface area contributed by atoms with Gasteiger partial charge in [-0.3, -0.25) is 0 Å². The van der Waals surface area contributed by atoms with Gasteiger partial charge in [0, 0.05) is 33.0 Å². The first-order valence-corrected chi connectivity index (χ1v) is 21.9. The molecule has 4 nitrogen and oxygen atoms in total. The Balaban J connectivity index is 1.06. The van der Waals surface area contributed by atoms with E-state index in [0.717, 1.165) is 99.5 Å². The van der Waals surface area contributed by atoms with Crippen molar-refractivity contribution in [1.82, 2.24) is 15.0 Å². The third-order valence-corrected chi connectivity index (χ3v) is 12.4. The van der Waals surface area contributed by atoms with Gasteiger partial charge in [0.05, 0.1) is 0 Å². The van der Waals surface area contributed by atoms with E-state index >= 15 is 0 Å². The third kappa shape index (κ3) is 6.95. The van der Waals surface area contributed by atoms with Crippen molar-refractivity contribution in [2.45, 2.75) is 0 Å². The van der Waals surface area contributed by atoms with Crippen LogP contribution in [0.4, 0.5) is 0 Å². The number of hydrogen-bond donors (Lipinski definition) is 0. The zero-order valence-electron chi connectivity index (χ0n) is 35.3. The monoisotopic (exact) mass is 829 g/mol. The van der Waals surface area contributed by atoms with E-state index in [9.17, 15) is 0 Å². The molecule has 304 valence electrons. The van der Waals surface area contributed by atoms with Gasteiger partial charge in [-0.2, -0.15) is 0 Å². The van der Waals surface area contributed by atoms with Gasteiger partial charge in [-0.05, 0) is 79.0 Å². The Morgan fingerprint density at radius 3 is 1.37 bits per heavy atom. The zero-order chi connectivity index (χ0) is 43.1. The maximum absolute atomic E-state index is 6.93. The van der Waals surface area contributed by atoms with Gasteiger partial charge in [-0.1, -0.05) is 218 Å². The van der Waals surface area contributed by atoms with Crippen LogP contribution in [0.5, 0.6) is 0 Å². The molecule has 0 atom stereocenters. The SMILES string of the molecule is c1ccc(-c2ccc(-c3nc(-c4ccc(-c5ccccc5)c5ccccc45)nc(-c4cccc5oc6c(-c7ccc(-c8ccccc8)cc7-c7ccccc7)cccc6c45)n3)cc2)cc1. The lowest BCUT2D eigenvalue weighted by atomic mass is 9.90. The fraction of sp³-hybridized carbons (Fsp3) is 0. The minimum atomic E-state index is 0.573. The summed E-state index contributed by atoms with van der Waals surface area (Å²) in [6.07, 6.45) is 0. The average molecular weight is 830 g/mol. The molecule has 0 bridgehead atoms. The largest absolute Gasteiger partial charge is 0.455 e. The van der Waals surface area contributed by atoms with Gasteiger partial charge in [0.25, 0.3) is 0 Å². The van der Waals surface area contributed by atoms with Crippen LogP contribution in [0.2, 0.25) is 0 Å².